The third-order valence-electron chi connectivity index (χ3n) is 6.14. The molecule has 1 aromatic carbocycles. The van der Waals surface area contributed by atoms with E-state index in [9.17, 15) is 8.78 Å². The third kappa shape index (κ3) is 4.33. The lowest BCUT2D eigenvalue weighted by atomic mass is 10.1. The number of rotatable bonds is 5. The fourth-order valence-corrected chi connectivity index (χ4v) is 4.23. The minimum atomic E-state index is -0.880. The molecule has 1 fully saturated rings. The molecule has 1 unspecified atom stereocenters. The first kappa shape index (κ1) is 22.3. The number of H-pyrrole nitrogens is 1. The van der Waals surface area contributed by atoms with Gasteiger partial charge < -0.3 is 24.8 Å². The van der Waals surface area contributed by atoms with Gasteiger partial charge in [-0.2, -0.15) is 9.37 Å². The van der Waals surface area contributed by atoms with Crippen LogP contribution in [-0.4, -0.2) is 64.0 Å². The minimum Gasteiger partial charge on any atom is -0.433 e. The number of hydrogen-bond acceptors (Lipinski definition) is 6. The standard InChI is InChI=1S/C24H25F3N6O/c1-14-11-17-20(26)19(12-18(25)22(17)30-14)34-24-21(27)23(28-13-29-24)31-15-3-5-16(6-4-15)33-9-7-32(2)8-10-33/h3,5-6,11-13,15,30H,4,7-10H2,1-2H3,(H,28,29,31). The van der Waals surface area contributed by atoms with Crippen molar-refractivity contribution in [3.63, 3.8) is 0 Å². The molecule has 1 aliphatic heterocycles. The molecule has 5 rings (SSSR count). The van der Waals surface area contributed by atoms with E-state index in [-0.39, 0.29) is 22.8 Å². The predicted molar refractivity (Wildman–Crippen MR) is 123 cm³/mol. The van der Waals surface area contributed by atoms with Gasteiger partial charge >= 0.3 is 0 Å². The summed E-state index contributed by atoms with van der Waals surface area (Å²) in [5.74, 6) is -3.40. The number of piperazine rings is 1. The Balaban J connectivity index is 1.30. The summed E-state index contributed by atoms with van der Waals surface area (Å²) in [6.45, 7) is 5.66. The second kappa shape index (κ2) is 9.02. The molecule has 0 saturated carbocycles. The van der Waals surface area contributed by atoms with E-state index >= 15 is 4.39 Å². The average Bonchev–Trinajstić information content (AvgIpc) is 3.23. The molecule has 34 heavy (non-hydrogen) atoms. The van der Waals surface area contributed by atoms with Gasteiger partial charge in [-0.15, -0.1) is 0 Å². The first-order valence-corrected chi connectivity index (χ1v) is 11.1. The lowest BCUT2D eigenvalue weighted by Crippen LogP contribution is -2.43. The van der Waals surface area contributed by atoms with Gasteiger partial charge in [0.2, 0.25) is 5.82 Å². The molecule has 2 N–H and O–H groups in total. The van der Waals surface area contributed by atoms with E-state index in [0.717, 1.165) is 44.3 Å². The van der Waals surface area contributed by atoms with Crippen molar-refractivity contribution in [1.29, 1.82) is 0 Å². The predicted octanol–water partition coefficient (Wildman–Crippen LogP) is 4.35. The molecule has 2 aliphatic rings. The van der Waals surface area contributed by atoms with Crippen LogP contribution in [0.2, 0.25) is 0 Å². The van der Waals surface area contributed by atoms with Gasteiger partial charge in [0.25, 0.3) is 5.88 Å². The van der Waals surface area contributed by atoms with E-state index < -0.39 is 29.1 Å². The van der Waals surface area contributed by atoms with E-state index in [0.29, 0.717) is 12.1 Å². The fourth-order valence-electron chi connectivity index (χ4n) is 4.23. The van der Waals surface area contributed by atoms with Gasteiger partial charge in [-0.25, -0.2) is 13.8 Å². The van der Waals surface area contributed by atoms with Crippen LogP contribution < -0.4 is 10.1 Å². The van der Waals surface area contributed by atoms with Crippen molar-refractivity contribution in [3.05, 3.63) is 65.5 Å². The molecule has 7 nitrogen and oxygen atoms in total. The van der Waals surface area contributed by atoms with Crippen molar-refractivity contribution in [2.75, 3.05) is 38.5 Å². The van der Waals surface area contributed by atoms with Crippen LogP contribution in [0.3, 0.4) is 0 Å². The van der Waals surface area contributed by atoms with Gasteiger partial charge in [-0.1, -0.05) is 12.2 Å². The van der Waals surface area contributed by atoms with E-state index in [4.69, 9.17) is 4.74 Å². The molecule has 1 atom stereocenters. The molecule has 0 bridgehead atoms. The summed E-state index contributed by atoms with van der Waals surface area (Å²) in [5, 5.41) is 3.05. The zero-order valence-electron chi connectivity index (χ0n) is 18.9. The summed E-state index contributed by atoms with van der Waals surface area (Å²) in [6.07, 6.45) is 7.88. The molecule has 1 saturated heterocycles. The highest BCUT2D eigenvalue weighted by atomic mass is 19.1. The van der Waals surface area contributed by atoms with E-state index in [1.54, 1.807) is 6.92 Å². The number of allylic oxidation sites excluding steroid dienone is 1. The van der Waals surface area contributed by atoms with Crippen LogP contribution in [0, 0.1) is 24.4 Å². The van der Waals surface area contributed by atoms with Gasteiger partial charge in [0.05, 0.1) is 5.52 Å². The first-order valence-electron chi connectivity index (χ1n) is 11.1. The molecule has 0 radical (unpaired) electrons. The van der Waals surface area contributed by atoms with Crippen molar-refractivity contribution >= 4 is 16.7 Å². The van der Waals surface area contributed by atoms with Gasteiger partial charge in [-0.05, 0) is 32.5 Å². The molecule has 178 valence electrons. The summed E-state index contributed by atoms with van der Waals surface area (Å²) in [4.78, 5) is 15.1. The van der Waals surface area contributed by atoms with Crippen LogP contribution in [-0.2, 0) is 0 Å². The Kier molecular flexibility index (Phi) is 5.91. The summed E-state index contributed by atoms with van der Waals surface area (Å²) >= 11 is 0. The largest absolute Gasteiger partial charge is 0.433 e. The molecule has 10 heteroatoms. The fraction of sp³-hybridized carbons (Fsp3) is 0.333. The molecule has 0 spiro atoms. The number of aromatic nitrogens is 3. The topological polar surface area (TPSA) is 69.3 Å². The number of halogens is 3. The zero-order valence-corrected chi connectivity index (χ0v) is 18.9. The third-order valence-corrected chi connectivity index (χ3v) is 6.14. The highest BCUT2D eigenvalue weighted by molar-refractivity contribution is 5.83. The second-order valence-corrected chi connectivity index (χ2v) is 8.62. The van der Waals surface area contributed by atoms with Crippen molar-refractivity contribution in [1.82, 2.24) is 24.8 Å². The van der Waals surface area contributed by atoms with Gasteiger partial charge in [0.1, 0.15) is 6.33 Å². The number of aryl methyl sites for hydroxylation is 1. The minimum absolute atomic E-state index is 0.0237. The van der Waals surface area contributed by atoms with E-state index in [2.05, 4.69) is 43.2 Å². The first-order chi connectivity index (χ1) is 16.4. The quantitative estimate of drug-likeness (QED) is 0.578. The van der Waals surface area contributed by atoms with Crippen molar-refractivity contribution < 1.29 is 17.9 Å². The average molecular weight is 470 g/mol. The Morgan fingerprint density at radius 3 is 2.62 bits per heavy atom. The van der Waals surface area contributed by atoms with Crippen LogP contribution in [0.4, 0.5) is 19.0 Å². The highest BCUT2D eigenvalue weighted by Crippen LogP contribution is 2.33. The zero-order chi connectivity index (χ0) is 23.8. The van der Waals surface area contributed by atoms with Gasteiger partial charge in [0.15, 0.2) is 23.2 Å². The summed E-state index contributed by atoms with van der Waals surface area (Å²) in [6, 6.07) is 2.15. The molecule has 1 aliphatic carbocycles. The number of nitrogens with zero attached hydrogens (tertiary/aromatic N) is 4. The van der Waals surface area contributed by atoms with Crippen LogP contribution in [0.25, 0.3) is 10.9 Å². The van der Waals surface area contributed by atoms with Crippen LogP contribution in [0.5, 0.6) is 11.6 Å². The lowest BCUT2D eigenvalue weighted by Gasteiger charge is -2.35. The molecular formula is C24H25F3N6O. The number of aromatic amines is 1. The molecule has 3 aromatic rings. The van der Waals surface area contributed by atoms with Crippen LogP contribution in [0.15, 0.2) is 42.4 Å². The van der Waals surface area contributed by atoms with Crippen molar-refractivity contribution in [2.45, 2.75) is 19.4 Å². The number of fused-ring (bicyclic) bond motifs is 1. The molecule has 3 heterocycles. The number of benzene rings is 1. The lowest BCUT2D eigenvalue weighted by molar-refractivity contribution is 0.189. The van der Waals surface area contributed by atoms with Gasteiger partial charge in [0, 0.05) is 55.1 Å². The number of likely N-dealkylation sites (N-methyl/N-ethyl adjacent to an activating group) is 1. The number of ether oxygens (including phenoxy) is 1. The maximum Gasteiger partial charge on any atom is 0.261 e. The highest BCUT2D eigenvalue weighted by Gasteiger charge is 2.22. The van der Waals surface area contributed by atoms with Crippen molar-refractivity contribution in [3.8, 4) is 11.6 Å². The number of hydrogen-bond donors (Lipinski definition) is 2. The van der Waals surface area contributed by atoms with E-state index in [1.807, 2.05) is 12.2 Å². The maximum atomic E-state index is 15.1. The summed E-state index contributed by atoms with van der Waals surface area (Å²) in [7, 11) is 2.11. The van der Waals surface area contributed by atoms with E-state index in [1.165, 1.54) is 6.07 Å². The Labute approximate surface area is 194 Å². The maximum absolute atomic E-state index is 15.1. The second-order valence-electron chi connectivity index (χ2n) is 8.62. The molecule has 0 amide bonds. The van der Waals surface area contributed by atoms with Gasteiger partial charge in [-0.3, -0.25) is 0 Å². The molecular weight excluding hydrogens is 445 g/mol. The Bertz CT molecular complexity index is 1280. The SMILES string of the molecule is Cc1cc2c(F)c(Oc3ncnc(NC4C=CC(N5CCN(C)CC5)=CC4)c3F)cc(F)c2[nH]1. The number of nitrogens with one attached hydrogen (secondary N) is 2. The Morgan fingerprint density at radius 2 is 1.88 bits per heavy atom. The van der Waals surface area contributed by atoms with Crippen molar-refractivity contribution in [2.24, 2.45) is 0 Å². The van der Waals surface area contributed by atoms with Crippen LogP contribution in [0.1, 0.15) is 12.1 Å². The monoisotopic (exact) mass is 470 g/mol. The Hall–Kier alpha value is -3.53. The smallest absolute Gasteiger partial charge is 0.261 e. The molecule has 2 aromatic heterocycles. The Morgan fingerprint density at radius 1 is 1.09 bits per heavy atom. The van der Waals surface area contributed by atoms with Crippen LogP contribution >= 0.6 is 0 Å². The summed E-state index contributed by atoms with van der Waals surface area (Å²) < 4.78 is 49.6. The normalized spacial score (nSPS) is 18.9. The number of anilines is 1. The summed E-state index contributed by atoms with van der Waals surface area (Å²) in [5.41, 5.74) is 1.78.